The first-order chi connectivity index (χ1) is 9.54. The molecule has 3 heterocycles. The molecule has 0 bridgehead atoms. The van der Waals surface area contributed by atoms with Crippen LogP contribution in [0, 0.1) is 6.92 Å². The third kappa shape index (κ3) is 1.61. The minimum Gasteiger partial charge on any atom is -0.424 e. The van der Waals surface area contributed by atoms with Crippen molar-refractivity contribution in [3.05, 3.63) is 35.4 Å². The van der Waals surface area contributed by atoms with Crippen LogP contribution in [0.3, 0.4) is 0 Å². The van der Waals surface area contributed by atoms with E-state index >= 15 is 0 Å². The van der Waals surface area contributed by atoms with Crippen LogP contribution in [0.4, 0.5) is 0 Å². The van der Waals surface area contributed by atoms with Crippen LogP contribution < -0.4 is 4.74 Å². The Hall–Kier alpha value is -2.36. The van der Waals surface area contributed by atoms with Crippen molar-refractivity contribution < 1.29 is 14.3 Å². The lowest BCUT2D eigenvalue weighted by molar-refractivity contribution is -0.133. The normalized spacial score (nSPS) is 11.3. The summed E-state index contributed by atoms with van der Waals surface area (Å²) < 4.78 is 7.42. The van der Waals surface area contributed by atoms with E-state index < -0.39 is 0 Å². The van der Waals surface area contributed by atoms with E-state index in [1.165, 1.54) is 0 Å². The molecule has 3 aromatic heterocycles. The number of carbonyl (C=O) groups is 2. The molecule has 0 atom stereocenters. The summed E-state index contributed by atoms with van der Waals surface area (Å²) in [6.07, 6.45) is 0.334. The largest absolute Gasteiger partial charge is 0.424 e. The average molecular weight is 269 g/mol. The number of aryl methyl sites for hydroxylation is 1. The molecule has 0 unspecified atom stereocenters. The van der Waals surface area contributed by atoms with Gasteiger partial charge in [0.25, 0.3) is 0 Å². The summed E-state index contributed by atoms with van der Waals surface area (Å²) in [5.41, 5.74) is 4.17. The van der Waals surface area contributed by atoms with Gasteiger partial charge >= 0.3 is 5.97 Å². The zero-order valence-electron chi connectivity index (χ0n) is 11.7. The lowest BCUT2D eigenvalue weighted by Crippen LogP contribution is -2.06. The van der Waals surface area contributed by atoms with Crippen molar-refractivity contribution in [1.29, 1.82) is 0 Å². The Kier molecular flexibility index (Phi) is 2.74. The number of esters is 1. The molecule has 3 rings (SSSR count). The zero-order valence-corrected chi connectivity index (χ0v) is 11.7. The van der Waals surface area contributed by atoms with Gasteiger partial charge in [0.15, 0.2) is 11.5 Å². The smallest absolute Gasteiger partial charge is 0.310 e. The van der Waals surface area contributed by atoms with Gasteiger partial charge in [-0.1, -0.05) is 13.0 Å². The zero-order chi connectivity index (χ0) is 14.4. The number of aromatic nitrogens is 1. The monoisotopic (exact) mass is 269 g/mol. The van der Waals surface area contributed by atoms with Crippen LogP contribution in [0.25, 0.3) is 16.6 Å². The Morgan fingerprint density at radius 3 is 2.55 bits per heavy atom. The second-order valence-corrected chi connectivity index (χ2v) is 4.91. The number of carbonyl (C=O) groups excluding carboxylic acids is 2. The highest BCUT2D eigenvalue weighted by molar-refractivity contribution is 6.05. The van der Waals surface area contributed by atoms with Crippen molar-refractivity contribution >= 4 is 28.3 Å². The van der Waals surface area contributed by atoms with Crippen molar-refractivity contribution in [2.45, 2.75) is 27.2 Å². The van der Waals surface area contributed by atoms with Crippen molar-refractivity contribution in [2.24, 2.45) is 0 Å². The van der Waals surface area contributed by atoms with E-state index in [1.54, 1.807) is 13.8 Å². The molecule has 0 saturated carbocycles. The topological polar surface area (TPSA) is 47.8 Å². The highest BCUT2D eigenvalue weighted by Gasteiger charge is 2.21. The molecular weight excluding hydrogens is 254 g/mol. The second kappa shape index (κ2) is 4.34. The third-order valence-corrected chi connectivity index (χ3v) is 3.63. The SMILES string of the molecule is CCC(=O)Oc1c(C)c2cc(C(C)=O)c3cccc1n32. The number of ketones is 1. The molecule has 0 aliphatic heterocycles. The number of nitrogens with zero attached hydrogens (tertiary/aromatic N) is 1. The highest BCUT2D eigenvalue weighted by Crippen LogP contribution is 2.36. The van der Waals surface area contributed by atoms with E-state index in [2.05, 4.69) is 0 Å². The summed E-state index contributed by atoms with van der Waals surface area (Å²) in [7, 11) is 0. The number of rotatable bonds is 3. The van der Waals surface area contributed by atoms with Gasteiger partial charge in [0, 0.05) is 17.5 Å². The van der Waals surface area contributed by atoms with Gasteiger partial charge in [-0.15, -0.1) is 0 Å². The number of ether oxygens (including phenoxy) is 1. The van der Waals surface area contributed by atoms with Crippen LogP contribution >= 0.6 is 0 Å². The second-order valence-electron chi connectivity index (χ2n) is 4.91. The summed E-state index contributed by atoms with van der Waals surface area (Å²) in [5, 5.41) is 0. The van der Waals surface area contributed by atoms with Gasteiger partial charge in [-0.25, -0.2) is 0 Å². The van der Waals surface area contributed by atoms with Crippen LogP contribution in [0.2, 0.25) is 0 Å². The van der Waals surface area contributed by atoms with Crippen molar-refractivity contribution in [3.63, 3.8) is 0 Å². The van der Waals surface area contributed by atoms with E-state index in [0.29, 0.717) is 17.7 Å². The lowest BCUT2D eigenvalue weighted by atomic mass is 10.1. The molecule has 0 amide bonds. The number of hydrogen-bond donors (Lipinski definition) is 0. The van der Waals surface area contributed by atoms with Crippen LogP contribution in [0.15, 0.2) is 24.3 Å². The number of Topliss-reactive ketones (excluding diaryl/α,β-unsaturated/α-hetero) is 1. The molecule has 3 aromatic rings. The maximum atomic E-state index is 11.7. The fourth-order valence-corrected chi connectivity index (χ4v) is 2.61. The van der Waals surface area contributed by atoms with E-state index in [-0.39, 0.29) is 11.8 Å². The van der Waals surface area contributed by atoms with E-state index in [0.717, 1.165) is 22.1 Å². The van der Waals surface area contributed by atoms with Gasteiger partial charge in [0.2, 0.25) is 0 Å². The molecule has 0 aliphatic carbocycles. The molecule has 4 nitrogen and oxygen atoms in total. The van der Waals surface area contributed by atoms with Gasteiger partial charge in [-0.3, -0.25) is 9.59 Å². The Morgan fingerprint density at radius 1 is 1.20 bits per heavy atom. The summed E-state index contributed by atoms with van der Waals surface area (Å²) in [6, 6.07) is 7.54. The van der Waals surface area contributed by atoms with Crippen LogP contribution in [0.5, 0.6) is 5.75 Å². The first-order valence-corrected chi connectivity index (χ1v) is 6.62. The first kappa shape index (κ1) is 12.7. The van der Waals surface area contributed by atoms with Crippen molar-refractivity contribution in [2.75, 3.05) is 0 Å². The number of pyridine rings is 1. The molecule has 0 saturated heterocycles. The maximum absolute atomic E-state index is 11.7. The van der Waals surface area contributed by atoms with E-state index in [1.807, 2.05) is 35.6 Å². The fourth-order valence-electron chi connectivity index (χ4n) is 2.61. The van der Waals surface area contributed by atoms with Crippen LogP contribution in [-0.4, -0.2) is 16.2 Å². The van der Waals surface area contributed by atoms with Gasteiger partial charge < -0.3 is 9.14 Å². The Bertz CT molecular complexity index is 829. The molecule has 0 fully saturated rings. The Labute approximate surface area is 116 Å². The molecule has 0 aromatic carbocycles. The number of hydrogen-bond acceptors (Lipinski definition) is 3. The van der Waals surface area contributed by atoms with Gasteiger partial charge in [-0.2, -0.15) is 0 Å². The highest BCUT2D eigenvalue weighted by atomic mass is 16.5. The average Bonchev–Trinajstić information content (AvgIpc) is 2.94. The predicted molar refractivity (Wildman–Crippen MR) is 76.8 cm³/mol. The van der Waals surface area contributed by atoms with Gasteiger partial charge in [0.05, 0.1) is 16.6 Å². The maximum Gasteiger partial charge on any atom is 0.310 e. The molecule has 20 heavy (non-hydrogen) atoms. The van der Waals surface area contributed by atoms with Crippen molar-refractivity contribution in [3.8, 4) is 5.75 Å². The lowest BCUT2D eigenvalue weighted by Gasteiger charge is -2.04. The van der Waals surface area contributed by atoms with Crippen molar-refractivity contribution in [1.82, 2.24) is 4.40 Å². The van der Waals surface area contributed by atoms with Crippen LogP contribution in [0.1, 0.15) is 36.2 Å². The van der Waals surface area contributed by atoms with E-state index in [4.69, 9.17) is 4.74 Å². The summed E-state index contributed by atoms with van der Waals surface area (Å²) in [5.74, 6) is 0.370. The minimum absolute atomic E-state index is 0.0349. The molecule has 4 heteroatoms. The molecule has 0 aliphatic rings. The Morgan fingerprint density at radius 2 is 1.90 bits per heavy atom. The Balaban J connectivity index is 2.33. The van der Waals surface area contributed by atoms with Gasteiger partial charge in [0.1, 0.15) is 0 Å². The quantitative estimate of drug-likeness (QED) is 0.541. The summed E-state index contributed by atoms with van der Waals surface area (Å²) in [4.78, 5) is 23.3. The summed E-state index contributed by atoms with van der Waals surface area (Å²) in [6.45, 7) is 5.23. The predicted octanol–water partition coefficient (Wildman–Crippen LogP) is 3.36. The van der Waals surface area contributed by atoms with Gasteiger partial charge in [-0.05, 0) is 32.0 Å². The molecule has 102 valence electrons. The van der Waals surface area contributed by atoms with E-state index in [9.17, 15) is 9.59 Å². The molecular formula is C16H15NO3. The minimum atomic E-state index is -0.256. The fraction of sp³-hybridized carbons (Fsp3) is 0.250. The first-order valence-electron chi connectivity index (χ1n) is 6.62. The molecule has 0 spiro atoms. The standard InChI is InChI=1S/C16H15NO3/c1-4-15(19)20-16-9(2)14-8-11(10(3)18)12-6-5-7-13(16)17(12)14/h5-8H,4H2,1-3H3. The molecule has 0 radical (unpaired) electrons. The van der Waals surface area contributed by atoms with Crippen LogP contribution in [-0.2, 0) is 4.79 Å². The summed E-state index contributed by atoms with van der Waals surface area (Å²) >= 11 is 0. The molecule has 0 N–H and O–H groups in total. The third-order valence-electron chi connectivity index (χ3n) is 3.63.